The molecule has 7 nitrogen and oxygen atoms in total. The maximum absolute atomic E-state index is 12.5. The fraction of sp³-hybridized carbons (Fsp3) is 0.923. The quantitative estimate of drug-likeness (QED) is 0.0289. The van der Waals surface area contributed by atoms with Gasteiger partial charge in [0.15, 0.2) is 0 Å². The van der Waals surface area contributed by atoms with Crippen molar-refractivity contribution in [1.82, 2.24) is 4.90 Å². The highest BCUT2D eigenvalue weighted by molar-refractivity contribution is 5.69. The van der Waals surface area contributed by atoms with Crippen LogP contribution in [0.25, 0.3) is 0 Å². The summed E-state index contributed by atoms with van der Waals surface area (Å²) in [6.45, 7) is 6.90. The molecule has 7 heteroatoms. The second-order valence-corrected chi connectivity index (χ2v) is 13.5. The highest BCUT2D eigenvalue weighted by Gasteiger charge is 2.14. The summed E-state index contributed by atoms with van der Waals surface area (Å²) >= 11 is 0. The predicted octanol–water partition coefficient (Wildman–Crippen LogP) is 11.4. The van der Waals surface area contributed by atoms with E-state index in [0.717, 1.165) is 77.5 Å². The molecule has 0 atom stereocenters. The summed E-state index contributed by atoms with van der Waals surface area (Å²) in [5.74, 6) is -0.0175. The van der Waals surface area contributed by atoms with E-state index in [0.29, 0.717) is 6.42 Å². The van der Waals surface area contributed by atoms with Crippen LogP contribution in [0, 0.1) is 0 Å². The van der Waals surface area contributed by atoms with E-state index in [2.05, 4.69) is 29.1 Å². The fourth-order valence-electron chi connectivity index (χ4n) is 5.53. The lowest BCUT2D eigenvalue weighted by molar-refractivity contribution is -0.150. The molecular formula is C39H77N3O4. The Morgan fingerprint density at radius 3 is 1.43 bits per heavy atom. The Hall–Kier alpha value is -1.63. The average Bonchev–Trinajstić information content (AvgIpc) is 3.04. The molecule has 0 saturated carbocycles. The lowest BCUT2D eigenvalue weighted by Gasteiger charge is -2.18. The first-order valence-corrected chi connectivity index (χ1v) is 19.7. The minimum absolute atomic E-state index is 0.0175. The van der Waals surface area contributed by atoms with Crippen LogP contribution in [0.3, 0.4) is 0 Å². The van der Waals surface area contributed by atoms with E-state index in [1.807, 2.05) is 26.5 Å². The first-order valence-electron chi connectivity index (χ1n) is 19.7. The molecule has 0 aliphatic heterocycles. The van der Waals surface area contributed by atoms with Gasteiger partial charge in [-0.3, -0.25) is 4.79 Å². The van der Waals surface area contributed by atoms with Gasteiger partial charge in [-0.25, -0.2) is 0 Å². The van der Waals surface area contributed by atoms with E-state index < -0.39 is 0 Å². The maximum atomic E-state index is 12.5. The average molecular weight is 652 g/mol. The van der Waals surface area contributed by atoms with Gasteiger partial charge >= 0.3 is 5.97 Å². The summed E-state index contributed by atoms with van der Waals surface area (Å²) in [6, 6.07) is 0. The second kappa shape index (κ2) is 37.8. The van der Waals surface area contributed by atoms with Crippen molar-refractivity contribution in [3.05, 3.63) is 0 Å². The van der Waals surface area contributed by atoms with Gasteiger partial charge < -0.3 is 19.3 Å². The number of carbonyl (C=O) groups is 1. The number of hydrogen-bond acceptors (Lipinski definition) is 7. The summed E-state index contributed by atoms with van der Waals surface area (Å²) in [5.41, 5.74) is 0. The topological polar surface area (TPSA) is 72.7 Å². The van der Waals surface area contributed by atoms with E-state index in [9.17, 15) is 4.79 Å². The van der Waals surface area contributed by atoms with E-state index in [1.165, 1.54) is 116 Å². The Morgan fingerprint density at radius 2 is 0.978 bits per heavy atom. The second-order valence-electron chi connectivity index (χ2n) is 13.5. The monoisotopic (exact) mass is 652 g/mol. The number of unbranched alkanes of at least 4 members (excludes halogenated alkanes) is 20. The van der Waals surface area contributed by atoms with Crippen molar-refractivity contribution in [3.8, 4) is 0 Å². The number of esters is 1. The van der Waals surface area contributed by atoms with Crippen LogP contribution in [0.5, 0.6) is 0 Å². The van der Waals surface area contributed by atoms with Crippen molar-refractivity contribution in [1.29, 1.82) is 0 Å². The molecule has 0 aromatic rings. The largest absolute Gasteiger partial charge is 0.462 e. The molecule has 46 heavy (non-hydrogen) atoms. The highest BCUT2D eigenvalue weighted by atomic mass is 16.6. The van der Waals surface area contributed by atoms with Crippen molar-refractivity contribution in [2.75, 3.05) is 33.9 Å². The normalized spacial score (nSPS) is 12.5. The van der Waals surface area contributed by atoms with Crippen LogP contribution in [0.1, 0.15) is 194 Å². The van der Waals surface area contributed by atoms with E-state index in [-0.39, 0.29) is 12.1 Å². The summed E-state index contributed by atoms with van der Waals surface area (Å²) < 4.78 is 5.97. The number of hydrogen-bond donors (Lipinski definition) is 0. The van der Waals surface area contributed by atoms with Gasteiger partial charge in [-0.2, -0.15) is 0 Å². The number of nitrogens with zero attached hydrogens (tertiary/aromatic N) is 3. The van der Waals surface area contributed by atoms with Gasteiger partial charge in [-0.1, -0.05) is 114 Å². The molecule has 0 N–H and O–H groups in total. The Morgan fingerprint density at radius 1 is 0.565 bits per heavy atom. The van der Waals surface area contributed by atoms with Crippen LogP contribution in [-0.4, -0.2) is 63.3 Å². The minimum atomic E-state index is -0.0175. The molecule has 0 amide bonds. The van der Waals surface area contributed by atoms with Gasteiger partial charge in [-0.05, 0) is 104 Å². The zero-order valence-electron chi connectivity index (χ0n) is 31.1. The molecule has 0 aromatic heterocycles. The van der Waals surface area contributed by atoms with Crippen LogP contribution in [0.2, 0.25) is 0 Å². The number of oxime groups is 2. The molecule has 0 rings (SSSR count). The first kappa shape index (κ1) is 44.4. The zero-order chi connectivity index (χ0) is 33.6. The Balaban J connectivity index is 3.95. The lowest BCUT2D eigenvalue weighted by Crippen LogP contribution is -2.20. The van der Waals surface area contributed by atoms with Crippen molar-refractivity contribution in [2.45, 2.75) is 200 Å². The number of rotatable bonds is 37. The van der Waals surface area contributed by atoms with E-state index >= 15 is 0 Å². The molecule has 0 unspecified atom stereocenters. The third-order valence-electron chi connectivity index (χ3n) is 8.48. The molecule has 0 aliphatic rings. The van der Waals surface area contributed by atoms with Crippen molar-refractivity contribution < 1.29 is 19.2 Å². The standard InChI is InChI=1S/C39H77N3O4/c1-5-7-9-21-27-36-44-40-33-25-19-15-11-13-17-23-30-38(46-39(43)32-29-35-42(3)4)31-24-18-14-12-16-20-26-34-41-45-37-28-22-10-8-6-2/h33-34,38H,5-32,35-37H2,1-4H3. The van der Waals surface area contributed by atoms with Gasteiger partial charge in [0.25, 0.3) is 0 Å². The van der Waals surface area contributed by atoms with Gasteiger partial charge in [-0.15, -0.1) is 0 Å². The highest BCUT2D eigenvalue weighted by Crippen LogP contribution is 2.18. The summed E-state index contributed by atoms with van der Waals surface area (Å²) in [7, 11) is 4.10. The molecule has 272 valence electrons. The van der Waals surface area contributed by atoms with Crippen molar-refractivity contribution in [3.63, 3.8) is 0 Å². The molecule has 0 aliphatic carbocycles. The minimum Gasteiger partial charge on any atom is -0.462 e. The molecule has 0 aromatic carbocycles. The molecule has 0 spiro atoms. The van der Waals surface area contributed by atoms with Crippen LogP contribution < -0.4 is 0 Å². The van der Waals surface area contributed by atoms with Crippen LogP contribution >= 0.6 is 0 Å². The number of carbonyl (C=O) groups excluding carboxylic acids is 1. The van der Waals surface area contributed by atoms with Gasteiger partial charge in [0.2, 0.25) is 0 Å². The van der Waals surface area contributed by atoms with Crippen molar-refractivity contribution in [2.24, 2.45) is 10.3 Å². The van der Waals surface area contributed by atoms with Gasteiger partial charge in [0.1, 0.15) is 19.3 Å². The molecule has 0 heterocycles. The molecule has 0 fully saturated rings. The summed E-state index contributed by atoms with van der Waals surface area (Å²) in [4.78, 5) is 25.4. The van der Waals surface area contributed by atoms with Gasteiger partial charge in [0, 0.05) is 18.9 Å². The zero-order valence-corrected chi connectivity index (χ0v) is 31.1. The first-order chi connectivity index (χ1) is 22.6. The third kappa shape index (κ3) is 36.8. The SMILES string of the molecule is CCCCCCCON=CCCCCCCCCC(CCCCCCCCC=NOCCCCCCC)OC(=O)CCCN(C)C. The molecule has 0 radical (unpaired) electrons. The predicted molar refractivity (Wildman–Crippen MR) is 198 cm³/mol. The van der Waals surface area contributed by atoms with Crippen LogP contribution in [0.4, 0.5) is 0 Å². The molecule has 0 saturated heterocycles. The van der Waals surface area contributed by atoms with E-state index in [4.69, 9.17) is 14.4 Å². The lowest BCUT2D eigenvalue weighted by atomic mass is 10.0. The Kier molecular flexibility index (Phi) is 36.5. The summed E-state index contributed by atoms with van der Waals surface area (Å²) in [6.07, 6.45) is 36.5. The fourth-order valence-corrected chi connectivity index (χ4v) is 5.53. The molecule has 0 bridgehead atoms. The number of ether oxygens (including phenoxy) is 1. The maximum Gasteiger partial charge on any atom is 0.306 e. The Labute approximate surface area is 286 Å². The van der Waals surface area contributed by atoms with Crippen molar-refractivity contribution >= 4 is 18.4 Å². The van der Waals surface area contributed by atoms with Gasteiger partial charge in [0.05, 0.1) is 0 Å². The van der Waals surface area contributed by atoms with Crippen LogP contribution in [-0.2, 0) is 19.2 Å². The van der Waals surface area contributed by atoms with Crippen LogP contribution in [0.15, 0.2) is 10.3 Å². The smallest absolute Gasteiger partial charge is 0.306 e. The molecular weight excluding hydrogens is 574 g/mol. The van der Waals surface area contributed by atoms with E-state index in [1.54, 1.807) is 0 Å². The summed E-state index contributed by atoms with van der Waals surface area (Å²) in [5, 5.41) is 8.20. The Bertz CT molecular complexity index is 630. The third-order valence-corrected chi connectivity index (χ3v) is 8.48.